The first-order valence-corrected chi connectivity index (χ1v) is 9.63. The number of fused-ring (bicyclic) bond motifs is 1. The summed E-state index contributed by atoms with van der Waals surface area (Å²) in [4.78, 5) is 19.7. The van der Waals surface area contributed by atoms with Crippen molar-refractivity contribution in [2.75, 3.05) is 11.6 Å². The highest BCUT2D eigenvalue weighted by Gasteiger charge is 2.17. The first-order chi connectivity index (χ1) is 12.2. The van der Waals surface area contributed by atoms with Crippen molar-refractivity contribution in [3.63, 3.8) is 0 Å². The predicted octanol–water partition coefficient (Wildman–Crippen LogP) is 1.49. The summed E-state index contributed by atoms with van der Waals surface area (Å²) in [6.45, 7) is 1.09. The van der Waals surface area contributed by atoms with Crippen molar-refractivity contribution in [3.05, 3.63) is 36.2 Å². The van der Waals surface area contributed by atoms with Gasteiger partial charge in [0.1, 0.15) is 5.82 Å². The fraction of sp³-hybridized carbons (Fsp3) is 0.235. The highest BCUT2D eigenvalue weighted by Crippen LogP contribution is 2.31. The molecule has 0 aliphatic heterocycles. The van der Waals surface area contributed by atoms with Crippen molar-refractivity contribution in [1.29, 1.82) is 0 Å². The standard InChI is InChI=1S/C17H18N4O4S/c1-10(23)19-16-6-12-13(8-21(2)15(12)7-18-16)14-4-11(9-22)5-17(20-14)26(3,24)25/h4-8,22H,9H2,1-3H3,(H,18,19,23). The van der Waals surface area contributed by atoms with Gasteiger partial charge in [-0.05, 0) is 23.8 Å². The number of anilines is 1. The van der Waals surface area contributed by atoms with E-state index in [1.165, 1.54) is 13.0 Å². The van der Waals surface area contributed by atoms with E-state index in [9.17, 15) is 18.3 Å². The second-order valence-electron chi connectivity index (χ2n) is 6.05. The summed E-state index contributed by atoms with van der Waals surface area (Å²) in [7, 11) is -1.70. The Labute approximate surface area is 150 Å². The smallest absolute Gasteiger partial charge is 0.222 e. The summed E-state index contributed by atoms with van der Waals surface area (Å²) in [6.07, 6.45) is 4.50. The highest BCUT2D eigenvalue weighted by atomic mass is 32.2. The van der Waals surface area contributed by atoms with Gasteiger partial charge in [-0.15, -0.1) is 0 Å². The van der Waals surface area contributed by atoms with Crippen molar-refractivity contribution < 1.29 is 18.3 Å². The number of nitrogens with one attached hydrogen (secondary N) is 1. The van der Waals surface area contributed by atoms with Gasteiger partial charge in [-0.2, -0.15) is 0 Å². The maximum atomic E-state index is 11.9. The molecule has 0 aliphatic carbocycles. The molecule has 0 radical (unpaired) electrons. The van der Waals surface area contributed by atoms with Crippen molar-refractivity contribution in [1.82, 2.24) is 14.5 Å². The van der Waals surface area contributed by atoms with Crippen LogP contribution in [0.5, 0.6) is 0 Å². The summed E-state index contributed by atoms with van der Waals surface area (Å²) in [5, 5.41) is 12.8. The third-order valence-electron chi connectivity index (χ3n) is 3.88. The molecule has 136 valence electrons. The lowest BCUT2D eigenvalue weighted by molar-refractivity contribution is -0.114. The molecule has 0 bridgehead atoms. The highest BCUT2D eigenvalue weighted by molar-refractivity contribution is 7.90. The number of hydrogen-bond acceptors (Lipinski definition) is 6. The summed E-state index contributed by atoms with van der Waals surface area (Å²) in [6, 6.07) is 4.70. The molecule has 0 unspecified atom stereocenters. The molecule has 0 fully saturated rings. The Kier molecular flexibility index (Phi) is 4.51. The monoisotopic (exact) mass is 374 g/mol. The normalized spacial score (nSPS) is 11.7. The Morgan fingerprint density at radius 1 is 1.31 bits per heavy atom. The molecule has 0 saturated carbocycles. The van der Waals surface area contributed by atoms with Gasteiger partial charge in [0, 0.05) is 37.4 Å². The Bertz CT molecular complexity index is 1120. The number of carbonyl (C=O) groups is 1. The molecule has 0 spiro atoms. The summed E-state index contributed by atoms with van der Waals surface area (Å²) in [5.74, 6) is 0.146. The lowest BCUT2D eigenvalue weighted by atomic mass is 10.1. The Balaban J connectivity index is 2.26. The molecule has 3 aromatic rings. The number of nitrogens with zero attached hydrogens (tertiary/aromatic N) is 3. The molecule has 0 saturated heterocycles. The van der Waals surface area contributed by atoms with Crippen LogP contribution in [0.25, 0.3) is 22.2 Å². The summed E-state index contributed by atoms with van der Waals surface area (Å²) >= 11 is 0. The molecule has 0 aliphatic rings. The molecule has 3 heterocycles. The van der Waals surface area contributed by atoms with E-state index < -0.39 is 9.84 Å². The van der Waals surface area contributed by atoms with Crippen LogP contribution in [-0.4, -0.2) is 40.2 Å². The van der Waals surface area contributed by atoms with Crippen molar-refractivity contribution >= 4 is 32.5 Å². The van der Waals surface area contributed by atoms with E-state index in [2.05, 4.69) is 15.3 Å². The van der Waals surface area contributed by atoms with Crippen LogP contribution in [0.1, 0.15) is 12.5 Å². The number of hydrogen-bond donors (Lipinski definition) is 2. The summed E-state index contributed by atoms with van der Waals surface area (Å²) < 4.78 is 25.7. The molecule has 26 heavy (non-hydrogen) atoms. The van der Waals surface area contributed by atoms with E-state index in [1.807, 2.05) is 11.6 Å². The molecule has 3 rings (SSSR count). The molecule has 2 N–H and O–H groups in total. The quantitative estimate of drug-likeness (QED) is 0.715. The molecule has 1 amide bonds. The minimum absolute atomic E-state index is 0.104. The number of aliphatic hydroxyl groups excluding tert-OH is 1. The van der Waals surface area contributed by atoms with E-state index in [0.717, 1.165) is 17.2 Å². The maximum absolute atomic E-state index is 11.9. The average Bonchev–Trinajstić information content (AvgIpc) is 2.89. The number of sulfone groups is 1. The van der Waals surface area contributed by atoms with Gasteiger partial charge in [-0.25, -0.2) is 18.4 Å². The topological polar surface area (TPSA) is 114 Å². The van der Waals surface area contributed by atoms with Gasteiger partial charge in [0.25, 0.3) is 0 Å². The molecule has 0 aromatic carbocycles. The zero-order chi connectivity index (χ0) is 19.1. The van der Waals surface area contributed by atoms with Crippen LogP contribution in [0.4, 0.5) is 5.82 Å². The second kappa shape index (κ2) is 6.50. The molecule has 9 heteroatoms. The van der Waals surface area contributed by atoms with Gasteiger partial charge in [0.15, 0.2) is 14.9 Å². The third kappa shape index (κ3) is 3.44. The van der Waals surface area contributed by atoms with E-state index in [4.69, 9.17) is 0 Å². The van der Waals surface area contributed by atoms with Crippen molar-refractivity contribution in [2.24, 2.45) is 7.05 Å². The third-order valence-corrected chi connectivity index (χ3v) is 4.85. The van der Waals surface area contributed by atoms with E-state index in [-0.39, 0.29) is 17.5 Å². The number of pyridine rings is 2. The van der Waals surface area contributed by atoms with Crippen molar-refractivity contribution in [2.45, 2.75) is 18.6 Å². The largest absolute Gasteiger partial charge is 0.392 e. The van der Waals surface area contributed by atoms with E-state index in [0.29, 0.717) is 22.6 Å². The first-order valence-electron chi connectivity index (χ1n) is 7.74. The number of aromatic nitrogens is 3. The van der Waals surface area contributed by atoms with Crippen molar-refractivity contribution in [3.8, 4) is 11.3 Å². The van der Waals surface area contributed by atoms with E-state index in [1.54, 1.807) is 24.5 Å². The fourth-order valence-electron chi connectivity index (χ4n) is 2.71. The zero-order valence-corrected chi connectivity index (χ0v) is 15.3. The first kappa shape index (κ1) is 18.0. The van der Waals surface area contributed by atoms with Gasteiger partial charge in [0.2, 0.25) is 5.91 Å². The van der Waals surface area contributed by atoms with Gasteiger partial charge < -0.3 is 15.0 Å². The lowest BCUT2D eigenvalue weighted by Crippen LogP contribution is -2.07. The van der Waals surface area contributed by atoms with Gasteiger partial charge in [0.05, 0.1) is 24.0 Å². The Morgan fingerprint density at radius 2 is 2.04 bits per heavy atom. The van der Waals surface area contributed by atoms with Crippen LogP contribution in [0.15, 0.2) is 35.6 Å². The lowest BCUT2D eigenvalue weighted by Gasteiger charge is -2.07. The Hall–Kier alpha value is -2.78. The molecular formula is C17H18N4O4S. The summed E-state index contributed by atoms with van der Waals surface area (Å²) in [5.41, 5.74) is 2.34. The molecular weight excluding hydrogens is 356 g/mol. The minimum Gasteiger partial charge on any atom is -0.392 e. The van der Waals surface area contributed by atoms with Crippen LogP contribution in [0.2, 0.25) is 0 Å². The fourth-order valence-corrected chi connectivity index (χ4v) is 3.34. The van der Waals surface area contributed by atoms with Crippen LogP contribution in [-0.2, 0) is 28.3 Å². The van der Waals surface area contributed by atoms with Gasteiger partial charge >= 0.3 is 0 Å². The van der Waals surface area contributed by atoms with Crippen LogP contribution in [0.3, 0.4) is 0 Å². The molecule has 0 atom stereocenters. The Morgan fingerprint density at radius 3 is 2.65 bits per heavy atom. The minimum atomic E-state index is -3.53. The van der Waals surface area contributed by atoms with Crippen LogP contribution >= 0.6 is 0 Å². The zero-order valence-electron chi connectivity index (χ0n) is 14.5. The molecule has 8 nitrogen and oxygen atoms in total. The second-order valence-corrected chi connectivity index (χ2v) is 8.01. The van der Waals surface area contributed by atoms with Gasteiger partial charge in [-0.1, -0.05) is 0 Å². The number of aliphatic hydroxyl groups is 1. The van der Waals surface area contributed by atoms with Crippen LogP contribution < -0.4 is 5.32 Å². The maximum Gasteiger partial charge on any atom is 0.222 e. The number of carbonyl (C=O) groups excluding carboxylic acids is 1. The van der Waals surface area contributed by atoms with E-state index >= 15 is 0 Å². The predicted molar refractivity (Wildman–Crippen MR) is 97.3 cm³/mol. The number of amides is 1. The molecule has 3 aromatic heterocycles. The van der Waals surface area contributed by atoms with Gasteiger partial charge in [-0.3, -0.25) is 4.79 Å². The average molecular weight is 374 g/mol. The number of aryl methyl sites for hydroxylation is 1. The SMILES string of the molecule is CC(=O)Nc1cc2c(-c3cc(CO)cc(S(C)(=O)=O)n3)cn(C)c2cn1. The van der Waals surface area contributed by atoms with Crippen LogP contribution in [0, 0.1) is 0 Å². The number of rotatable bonds is 4.